The van der Waals surface area contributed by atoms with Crippen LogP contribution in [0.15, 0.2) is 35.3 Å². The minimum absolute atomic E-state index is 0.0891. The monoisotopic (exact) mass is 165 g/mol. The molecule has 0 bridgehead atoms. The van der Waals surface area contributed by atoms with Crippen LogP contribution in [0.4, 0.5) is 5.69 Å². The first kappa shape index (κ1) is 10.5. The topological polar surface area (TPSA) is 64.4 Å². The van der Waals surface area contributed by atoms with E-state index >= 15 is 0 Å². The number of para-hydroxylation sites is 1. The quantitative estimate of drug-likeness (QED) is 0.490. The number of guanidine groups is 1. The maximum Gasteiger partial charge on any atom is 0.191 e. The predicted molar refractivity (Wildman–Crippen MR) is 53.3 cm³/mol. The molecule has 0 aliphatic carbocycles. The van der Waals surface area contributed by atoms with E-state index in [1.165, 1.54) is 0 Å². The molecule has 0 aliphatic rings. The second-order valence-corrected chi connectivity index (χ2v) is 1.87. The van der Waals surface area contributed by atoms with Crippen LogP contribution in [0, 0.1) is 0 Å². The van der Waals surface area contributed by atoms with E-state index < -0.39 is 0 Å². The molecule has 0 saturated carbocycles. The molecule has 66 valence electrons. The third-order valence-electron chi connectivity index (χ3n) is 1.01. The van der Waals surface area contributed by atoms with Crippen molar-refractivity contribution >= 4 is 11.6 Å². The second-order valence-electron chi connectivity index (χ2n) is 1.87. The smallest absolute Gasteiger partial charge is 0.191 e. The highest BCUT2D eigenvalue weighted by Crippen LogP contribution is 2.07. The number of hydrogen-bond acceptors (Lipinski definition) is 1. The summed E-state index contributed by atoms with van der Waals surface area (Å²) in [6.45, 7) is 4.00. The molecule has 0 radical (unpaired) electrons. The van der Waals surface area contributed by atoms with Crippen molar-refractivity contribution in [1.82, 2.24) is 0 Å². The minimum atomic E-state index is 0.0891. The summed E-state index contributed by atoms with van der Waals surface area (Å²) < 4.78 is 0. The van der Waals surface area contributed by atoms with Gasteiger partial charge in [-0.25, -0.2) is 4.99 Å². The van der Waals surface area contributed by atoms with Gasteiger partial charge in [0.15, 0.2) is 5.96 Å². The highest BCUT2D eigenvalue weighted by atomic mass is 15.0. The van der Waals surface area contributed by atoms with Crippen LogP contribution in [0.2, 0.25) is 0 Å². The van der Waals surface area contributed by atoms with Gasteiger partial charge in [0.1, 0.15) is 0 Å². The highest BCUT2D eigenvalue weighted by molar-refractivity contribution is 5.78. The van der Waals surface area contributed by atoms with Crippen molar-refractivity contribution in [2.75, 3.05) is 0 Å². The molecule has 0 saturated heterocycles. The fourth-order valence-corrected chi connectivity index (χ4v) is 0.652. The van der Waals surface area contributed by atoms with E-state index in [-0.39, 0.29) is 5.96 Å². The normalized spacial score (nSPS) is 7.83. The molecule has 3 nitrogen and oxygen atoms in total. The predicted octanol–water partition coefficient (Wildman–Crippen LogP) is 1.62. The van der Waals surface area contributed by atoms with Crippen molar-refractivity contribution in [2.24, 2.45) is 16.5 Å². The third kappa shape index (κ3) is 4.33. The Morgan fingerprint density at radius 3 is 2.00 bits per heavy atom. The van der Waals surface area contributed by atoms with Crippen LogP contribution in [-0.2, 0) is 0 Å². The van der Waals surface area contributed by atoms with Crippen LogP contribution in [0.3, 0.4) is 0 Å². The molecular formula is C9H15N3. The van der Waals surface area contributed by atoms with E-state index in [4.69, 9.17) is 11.5 Å². The Morgan fingerprint density at radius 1 is 1.08 bits per heavy atom. The van der Waals surface area contributed by atoms with Crippen LogP contribution in [0.25, 0.3) is 0 Å². The number of benzene rings is 1. The van der Waals surface area contributed by atoms with E-state index in [9.17, 15) is 0 Å². The molecule has 1 rings (SSSR count). The van der Waals surface area contributed by atoms with Crippen molar-refractivity contribution in [3.8, 4) is 0 Å². The molecule has 0 unspecified atom stereocenters. The Balaban J connectivity index is 0.000000561. The third-order valence-corrected chi connectivity index (χ3v) is 1.01. The number of hydrogen-bond donors (Lipinski definition) is 2. The fraction of sp³-hybridized carbons (Fsp3) is 0.222. The highest BCUT2D eigenvalue weighted by Gasteiger charge is 1.83. The second kappa shape index (κ2) is 6.22. The van der Waals surface area contributed by atoms with Crippen molar-refractivity contribution in [1.29, 1.82) is 0 Å². The standard InChI is InChI=1S/C7H9N3.C2H6/c8-7(9)10-6-4-2-1-3-5-6;1-2/h1-5H,(H4,8,9,10);1-2H3. The maximum absolute atomic E-state index is 5.15. The molecule has 0 atom stereocenters. The van der Waals surface area contributed by atoms with Gasteiger partial charge in [0, 0.05) is 0 Å². The summed E-state index contributed by atoms with van der Waals surface area (Å²) in [5.74, 6) is 0.0891. The van der Waals surface area contributed by atoms with Crippen molar-refractivity contribution < 1.29 is 0 Å². The van der Waals surface area contributed by atoms with Crippen molar-refractivity contribution in [2.45, 2.75) is 13.8 Å². The molecule has 0 fully saturated rings. The van der Waals surface area contributed by atoms with E-state index in [0.29, 0.717) is 0 Å². The van der Waals surface area contributed by atoms with Gasteiger partial charge in [-0.15, -0.1) is 0 Å². The molecule has 0 heterocycles. The van der Waals surface area contributed by atoms with Crippen molar-refractivity contribution in [3.05, 3.63) is 30.3 Å². The van der Waals surface area contributed by atoms with Gasteiger partial charge in [0.25, 0.3) is 0 Å². The van der Waals surface area contributed by atoms with Crippen LogP contribution >= 0.6 is 0 Å². The number of rotatable bonds is 1. The summed E-state index contributed by atoms with van der Waals surface area (Å²) >= 11 is 0. The van der Waals surface area contributed by atoms with Gasteiger partial charge < -0.3 is 11.5 Å². The maximum atomic E-state index is 5.15. The van der Waals surface area contributed by atoms with Gasteiger partial charge in [-0.05, 0) is 12.1 Å². The van der Waals surface area contributed by atoms with Crippen LogP contribution in [-0.4, -0.2) is 5.96 Å². The largest absolute Gasteiger partial charge is 0.370 e. The Hall–Kier alpha value is -1.51. The van der Waals surface area contributed by atoms with Gasteiger partial charge in [0.05, 0.1) is 5.69 Å². The summed E-state index contributed by atoms with van der Waals surface area (Å²) in [6.07, 6.45) is 0. The van der Waals surface area contributed by atoms with E-state index in [0.717, 1.165) is 5.69 Å². The zero-order chi connectivity index (χ0) is 9.40. The van der Waals surface area contributed by atoms with E-state index in [2.05, 4.69) is 4.99 Å². The SMILES string of the molecule is CC.NC(N)=Nc1ccccc1. The molecular weight excluding hydrogens is 150 g/mol. The van der Waals surface area contributed by atoms with Crippen molar-refractivity contribution in [3.63, 3.8) is 0 Å². The molecule has 0 aliphatic heterocycles. The molecule has 0 amide bonds. The Bertz CT molecular complexity index is 225. The van der Waals surface area contributed by atoms with E-state index in [1.807, 2.05) is 44.2 Å². The molecule has 0 spiro atoms. The number of nitrogens with zero attached hydrogens (tertiary/aromatic N) is 1. The lowest BCUT2D eigenvalue weighted by atomic mass is 10.3. The fourth-order valence-electron chi connectivity index (χ4n) is 0.652. The summed E-state index contributed by atoms with van der Waals surface area (Å²) in [4.78, 5) is 3.83. The lowest BCUT2D eigenvalue weighted by Crippen LogP contribution is -2.21. The average molecular weight is 165 g/mol. The molecule has 4 N–H and O–H groups in total. The first-order valence-electron chi connectivity index (χ1n) is 3.94. The summed E-state index contributed by atoms with van der Waals surface area (Å²) in [5, 5.41) is 0. The summed E-state index contributed by atoms with van der Waals surface area (Å²) in [5.41, 5.74) is 11.1. The van der Waals surface area contributed by atoms with Gasteiger partial charge in [-0.2, -0.15) is 0 Å². The lowest BCUT2D eigenvalue weighted by Gasteiger charge is -1.91. The van der Waals surface area contributed by atoms with Gasteiger partial charge in [0.2, 0.25) is 0 Å². The van der Waals surface area contributed by atoms with Gasteiger partial charge >= 0.3 is 0 Å². The molecule has 1 aromatic rings. The molecule has 1 aromatic carbocycles. The Morgan fingerprint density at radius 2 is 1.58 bits per heavy atom. The Kier molecular flexibility index (Phi) is 5.43. The average Bonchev–Trinajstić information content (AvgIpc) is 2.08. The zero-order valence-corrected chi connectivity index (χ0v) is 7.49. The van der Waals surface area contributed by atoms with E-state index in [1.54, 1.807) is 0 Å². The van der Waals surface area contributed by atoms with Gasteiger partial charge in [-0.3, -0.25) is 0 Å². The number of nitrogens with two attached hydrogens (primary N) is 2. The lowest BCUT2D eigenvalue weighted by molar-refractivity contribution is 1.42. The van der Waals surface area contributed by atoms with Gasteiger partial charge in [-0.1, -0.05) is 32.0 Å². The zero-order valence-electron chi connectivity index (χ0n) is 7.49. The molecule has 12 heavy (non-hydrogen) atoms. The summed E-state index contributed by atoms with van der Waals surface area (Å²) in [6, 6.07) is 9.33. The molecule has 0 aromatic heterocycles. The van der Waals surface area contributed by atoms with Crippen LogP contribution < -0.4 is 11.5 Å². The molecule has 3 heteroatoms. The first-order valence-corrected chi connectivity index (χ1v) is 3.94. The minimum Gasteiger partial charge on any atom is -0.370 e. The Labute approximate surface area is 73.1 Å². The van der Waals surface area contributed by atoms with Crippen LogP contribution in [0.5, 0.6) is 0 Å². The van der Waals surface area contributed by atoms with Crippen LogP contribution in [0.1, 0.15) is 13.8 Å². The number of aliphatic imine (C=N–C) groups is 1. The summed E-state index contributed by atoms with van der Waals surface area (Å²) in [7, 11) is 0. The first-order chi connectivity index (χ1) is 5.79.